The van der Waals surface area contributed by atoms with Crippen LogP contribution in [0.4, 0.5) is 0 Å². The summed E-state index contributed by atoms with van der Waals surface area (Å²) in [7, 11) is 1.68. The first-order valence-electron chi connectivity index (χ1n) is 6.27. The highest BCUT2D eigenvalue weighted by atomic mass is 32.1. The SMILES string of the molecule is COCc1cccc(CNCc2cc(C(=O)O)cs2)c1. The van der Waals surface area contributed by atoms with Crippen molar-refractivity contribution < 1.29 is 14.6 Å². The lowest BCUT2D eigenvalue weighted by Crippen LogP contribution is -2.12. The second kappa shape index (κ2) is 7.19. The summed E-state index contributed by atoms with van der Waals surface area (Å²) in [5.41, 5.74) is 2.69. The van der Waals surface area contributed by atoms with Gasteiger partial charge in [-0.25, -0.2) is 4.79 Å². The second-order valence-electron chi connectivity index (χ2n) is 4.46. The Morgan fingerprint density at radius 2 is 2.10 bits per heavy atom. The first-order valence-corrected chi connectivity index (χ1v) is 7.15. The van der Waals surface area contributed by atoms with Crippen LogP contribution in [0.15, 0.2) is 35.7 Å². The van der Waals surface area contributed by atoms with E-state index in [1.807, 2.05) is 12.1 Å². The van der Waals surface area contributed by atoms with E-state index < -0.39 is 5.97 Å². The highest BCUT2D eigenvalue weighted by molar-refractivity contribution is 7.10. The first kappa shape index (κ1) is 14.7. The number of carboxylic acids is 1. The van der Waals surface area contributed by atoms with Crippen molar-refractivity contribution in [2.24, 2.45) is 0 Å². The molecular weight excluding hydrogens is 274 g/mol. The fourth-order valence-corrected chi connectivity index (χ4v) is 2.74. The molecule has 20 heavy (non-hydrogen) atoms. The molecule has 0 aliphatic rings. The fraction of sp³-hybridized carbons (Fsp3) is 0.267. The van der Waals surface area contributed by atoms with Crippen LogP contribution >= 0.6 is 11.3 Å². The van der Waals surface area contributed by atoms with Gasteiger partial charge in [-0.15, -0.1) is 11.3 Å². The van der Waals surface area contributed by atoms with Crippen molar-refractivity contribution in [1.82, 2.24) is 5.32 Å². The fourth-order valence-electron chi connectivity index (χ4n) is 1.91. The summed E-state index contributed by atoms with van der Waals surface area (Å²) in [6.45, 7) is 2.03. The van der Waals surface area contributed by atoms with E-state index in [0.717, 1.165) is 17.0 Å². The summed E-state index contributed by atoms with van der Waals surface area (Å²) in [6, 6.07) is 9.92. The molecule has 106 valence electrons. The number of aromatic carboxylic acids is 1. The summed E-state index contributed by atoms with van der Waals surface area (Å²) in [4.78, 5) is 11.8. The van der Waals surface area contributed by atoms with Crippen LogP contribution in [0.2, 0.25) is 0 Å². The van der Waals surface area contributed by atoms with Crippen LogP contribution in [-0.2, 0) is 24.4 Å². The highest BCUT2D eigenvalue weighted by Crippen LogP contribution is 2.14. The van der Waals surface area contributed by atoms with Crippen LogP contribution in [0, 0.1) is 0 Å². The molecule has 0 aliphatic heterocycles. The molecule has 0 unspecified atom stereocenters. The number of hydrogen-bond donors (Lipinski definition) is 2. The van der Waals surface area contributed by atoms with E-state index >= 15 is 0 Å². The number of thiophene rings is 1. The number of methoxy groups -OCH3 is 1. The number of benzene rings is 1. The Bertz CT molecular complexity index is 580. The van der Waals surface area contributed by atoms with Gasteiger partial charge in [0.15, 0.2) is 0 Å². The highest BCUT2D eigenvalue weighted by Gasteiger charge is 2.06. The monoisotopic (exact) mass is 291 g/mol. The van der Waals surface area contributed by atoms with E-state index in [0.29, 0.717) is 18.7 Å². The predicted molar refractivity (Wildman–Crippen MR) is 79.0 cm³/mol. The minimum Gasteiger partial charge on any atom is -0.478 e. The molecular formula is C15H17NO3S. The normalized spacial score (nSPS) is 10.7. The van der Waals surface area contributed by atoms with Gasteiger partial charge in [0, 0.05) is 30.5 Å². The maximum Gasteiger partial charge on any atom is 0.336 e. The number of nitrogens with one attached hydrogen (secondary N) is 1. The number of hydrogen-bond acceptors (Lipinski definition) is 4. The zero-order valence-corrected chi connectivity index (χ0v) is 12.1. The molecule has 0 saturated carbocycles. The predicted octanol–water partition coefficient (Wildman–Crippen LogP) is 2.88. The van der Waals surface area contributed by atoms with Crippen molar-refractivity contribution in [3.8, 4) is 0 Å². The van der Waals surface area contributed by atoms with Crippen LogP contribution < -0.4 is 5.32 Å². The van der Waals surface area contributed by atoms with E-state index in [2.05, 4.69) is 17.4 Å². The molecule has 1 aromatic carbocycles. The quantitative estimate of drug-likeness (QED) is 0.823. The Morgan fingerprint density at radius 3 is 2.80 bits per heavy atom. The van der Waals surface area contributed by atoms with E-state index in [-0.39, 0.29) is 0 Å². The largest absolute Gasteiger partial charge is 0.478 e. The smallest absolute Gasteiger partial charge is 0.336 e. The number of carboxylic acid groups (broad SMARTS) is 1. The van der Waals surface area contributed by atoms with Gasteiger partial charge in [-0.2, -0.15) is 0 Å². The van der Waals surface area contributed by atoms with E-state index in [9.17, 15) is 4.79 Å². The van der Waals surface area contributed by atoms with Gasteiger partial charge in [-0.1, -0.05) is 24.3 Å². The standard InChI is InChI=1S/C15H17NO3S/c1-19-9-12-4-2-3-11(5-12)7-16-8-14-6-13(10-20-14)15(17)18/h2-6,10,16H,7-9H2,1H3,(H,17,18). The van der Waals surface area contributed by atoms with Crippen molar-refractivity contribution >= 4 is 17.3 Å². The van der Waals surface area contributed by atoms with Gasteiger partial charge in [0.1, 0.15) is 0 Å². The zero-order chi connectivity index (χ0) is 14.4. The summed E-state index contributed by atoms with van der Waals surface area (Å²) >= 11 is 1.46. The average molecular weight is 291 g/mol. The summed E-state index contributed by atoms with van der Waals surface area (Å²) in [5.74, 6) is -0.875. The third kappa shape index (κ3) is 4.16. The Morgan fingerprint density at radius 1 is 1.30 bits per heavy atom. The molecule has 0 amide bonds. The number of carbonyl (C=O) groups is 1. The Kier molecular flexibility index (Phi) is 5.29. The van der Waals surface area contributed by atoms with Crippen LogP contribution in [0.5, 0.6) is 0 Å². The molecule has 2 rings (SSSR count). The molecule has 1 heterocycles. The van der Waals surface area contributed by atoms with Crippen LogP contribution in [0.3, 0.4) is 0 Å². The van der Waals surface area contributed by atoms with E-state index in [4.69, 9.17) is 9.84 Å². The molecule has 0 bridgehead atoms. The molecule has 1 aromatic heterocycles. The zero-order valence-electron chi connectivity index (χ0n) is 11.3. The van der Waals surface area contributed by atoms with E-state index in [1.165, 1.54) is 16.9 Å². The van der Waals surface area contributed by atoms with Crippen molar-refractivity contribution in [3.63, 3.8) is 0 Å². The van der Waals surface area contributed by atoms with Crippen LogP contribution in [0.25, 0.3) is 0 Å². The van der Waals surface area contributed by atoms with E-state index in [1.54, 1.807) is 18.6 Å². The average Bonchev–Trinajstić information content (AvgIpc) is 2.89. The van der Waals surface area contributed by atoms with Crippen LogP contribution in [-0.4, -0.2) is 18.2 Å². The van der Waals surface area contributed by atoms with Gasteiger partial charge >= 0.3 is 5.97 Å². The molecule has 0 spiro atoms. The van der Waals surface area contributed by atoms with Crippen molar-refractivity contribution in [2.45, 2.75) is 19.7 Å². The molecule has 4 nitrogen and oxygen atoms in total. The molecule has 2 N–H and O–H groups in total. The molecule has 5 heteroatoms. The van der Waals surface area contributed by atoms with Crippen molar-refractivity contribution in [1.29, 1.82) is 0 Å². The molecule has 0 radical (unpaired) electrons. The number of rotatable bonds is 7. The minimum absolute atomic E-state index is 0.355. The minimum atomic E-state index is -0.875. The van der Waals surface area contributed by atoms with Gasteiger partial charge < -0.3 is 15.2 Å². The van der Waals surface area contributed by atoms with Crippen molar-refractivity contribution in [3.05, 3.63) is 57.3 Å². The Balaban J connectivity index is 1.85. The maximum absolute atomic E-state index is 10.8. The van der Waals surface area contributed by atoms with Gasteiger partial charge in [-0.05, 0) is 17.2 Å². The summed E-state index contributed by atoms with van der Waals surface area (Å²) in [5, 5.41) is 13.8. The first-order chi connectivity index (χ1) is 9.69. The van der Waals surface area contributed by atoms with Gasteiger partial charge in [0.2, 0.25) is 0 Å². The lowest BCUT2D eigenvalue weighted by Gasteiger charge is -2.06. The van der Waals surface area contributed by atoms with Gasteiger partial charge in [-0.3, -0.25) is 0 Å². The van der Waals surface area contributed by atoms with Crippen molar-refractivity contribution in [2.75, 3.05) is 7.11 Å². The number of ether oxygens (including phenoxy) is 1. The molecule has 2 aromatic rings. The molecule has 0 atom stereocenters. The van der Waals surface area contributed by atoms with Gasteiger partial charge in [0.05, 0.1) is 12.2 Å². The molecule has 0 saturated heterocycles. The van der Waals surface area contributed by atoms with Crippen LogP contribution in [0.1, 0.15) is 26.4 Å². The second-order valence-corrected chi connectivity index (χ2v) is 5.46. The summed E-state index contributed by atoms with van der Waals surface area (Å²) in [6.07, 6.45) is 0. The third-order valence-electron chi connectivity index (χ3n) is 2.83. The Labute approximate surface area is 122 Å². The lowest BCUT2D eigenvalue weighted by molar-refractivity contribution is 0.0697. The topological polar surface area (TPSA) is 58.6 Å². The molecule has 0 fully saturated rings. The lowest BCUT2D eigenvalue weighted by atomic mass is 10.1. The third-order valence-corrected chi connectivity index (χ3v) is 3.77. The Hall–Kier alpha value is -1.69. The molecule has 0 aliphatic carbocycles. The summed E-state index contributed by atoms with van der Waals surface area (Å²) < 4.78 is 5.11. The maximum atomic E-state index is 10.8. The van der Waals surface area contributed by atoms with Gasteiger partial charge in [0.25, 0.3) is 0 Å².